The number of hydrogen-bond donors (Lipinski definition) is 0. The number of aldehydes is 1. The number of nitro groups is 2. The zero-order chi connectivity index (χ0) is 10.7. The Labute approximate surface area is 77.3 Å². The number of carbonyl (C=O) groups is 1. The molecule has 0 atom stereocenters. The summed E-state index contributed by atoms with van der Waals surface area (Å²) in [6, 6.07) is 2.74. The predicted molar refractivity (Wildman–Crippen MR) is 45.1 cm³/mol. The summed E-state index contributed by atoms with van der Waals surface area (Å²) >= 11 is 0. The molecule has 0 heterocycles. The van der Waals surface area contributed by atoms with Gasteiger partial charge in [0, 0.05) is 17.7 Å². The Hall–Kier alpha value is -2.31. The van der Waals surface area contributed by atoms with Gasteiger partial charge in [0.2, 0.25) is 0 Å². The SMILES string of the molecule is O=Cc1cc([N+](=O)[O-])cc([N+](=O)[O-])c1. The van der Waals surface area contributed by atoms with Gasteiger partial charge in [-0.25, -0.2) is 0 Å². The fraction of sp³-hybridized carbons (Fsp3) is 0. The molecule has 14 heavy (non-hydrogen) atoms. The zero-order valence-electron chi connectivity index (χ0n) is 6.75. The fourth-order valence-corrected chi connectivity index (χ4v) is 0.897. The van der Waals surface area contributed by atoms with Gasteiger partial charge in [-0.2, -0.15) is 0 Å². The van der Waals surface area contributed by atoms with Gasteiger partial charge in [-0.3, -0.25) is 25.0 Å². The van der Waals surface area contributed by atoms with E-state index in [2.05, 4.69) is 0 Å². The third-order valence-electron chi connectivity index (χ3n) is 1.48. The van der Waals surface area contributed by atoms with Gasteiger partial charge in [-0.15, -0.1) is 0 Å². The normalized spacial score (nSPS) is 9.43. The van der Waals surface area contributed by atoms with Crippen LogP contribution in [0.15, 0.2) is 18.2 Å². The summed E-state index contributed by atoms with van der Waals surface area (Å²) in [4.78, 5) is 29.3. The van der Waals surface area contributed by atoms with Crippen LogP contribution >= 0.6 is 0 Å². The molecular weight excluding hydrogens is 192 g/mol. The van der Waals surface area contributed by atoms with Crippen molar-refractivity contribution in [2.75, 3.05) is 0 Å². The van der Waals surface area contributed by atoms with E-state index in [1.165, 1.54) is 0 Å². The lowest BCUT2D eigenvalue weighted by molar-refractivity contribution is -0.394. The lowest BCUT2D eigenvalue weighted by atomic mass is 10.2. The molecule has 7 heteroatoms. The number of non-ortho nitro benzene ring substituents is 2. The van der Waals surface area contributed by atoms with Crippen LogP contribution in [-0.4, -0.2) is 16.1 Å². The van der Waals surface area contributed by atoms with Crippen molar-refractivity contribution in [1.82, 2.24) is 0 Å². The minimum atomic E-state index is -0.792. The summed E-state index contributed by atoms with van der Waals surface area (Å²) in [6.07, 6.45) is 0.319. The first-order chi connectivity index (χ1) is 6.54. The second-order valence-corrected chi connectivity index (χ2v) is 2.41. The van der Waals surface area contributed by atoms with Crippen LogP contribution in [0.4, 0.5) is 11.4 Å². The van der Waals surface area contributed by atoms with E-state index in [1.807, 2.05) is 0 Å². The quantitative estimate of drug-likeness (QED) is 0.411. The molecule has 0 radical (unpaired) electrons. The Morgan fingerprint density at radius 3 is 1.71 bits per heavy atom. The van der Waals surface area contributed by atoms with E-state index in [9.17, 15) is 25.0 Å². The highest BCUT2D eigenvalue weighted by Crippen LogP contribution is 2.21. The number of rotatable bonds is 3. The molecule has 0 bridgehead atoms. The number of carbonyl (C=O) groups excluding carboxylic acids is 1. The standard InChI is InChI=1S/C7H4N2O5/c10-4-5-1-6(8(11)12)3-7(2-5)9(13)14/h1-4H. The molecule has 72 valence electrons. The molecule has 0 aliphatic heterocycles. The van der Waals surface area contributed by atoms with Gasteiger partial charge in [-0.1, -0.05) is 0 Å². The molecule has 0 saturated heterocycles. The Bertz CT molecular complexity index is 382. The van der Waals surface area contributed by atoms with Crippen molar-refractivity contribution in [2.45, 2.75) is 0 Å². The van der Waals surface area contributed by atoms with Gasteiger partial charge in [-0.05, 0) is 0 Å². The summed E-state index contributed by atoms with van der Waals surface area (Å²) in [5, 5.41) is 20.6. The van der Waals surface area contributed by atoms with E-state index in [0.29, 0.717) is 6.29 Å². The molecule has 0 aliphatic rings. The van der Waals surface area contributed by atoms with Crippen LogP contribution in [0.25, 0.3) is 0 Å². The minimum Gasteiger partial charge on any atom is -0.298 e. The number of nitro benzene ring substituents is 2. The van der Waals surface area contributed by atoms with Crippen LogP contribution in [0, 0.1) is 20.2 Å². The smallest absolute Gasteiger partial charge is 0.277 e. The lowest BCUT2D eigenvalue weighted by Gasteiger charge is -1.94. The minimum absolute atomic E-state index is 0.0918. The lowest BCUT2D eigenvalue weighted by Crippen LogP contribution is -1.94. The van der Waals surface area contributed by atoms with Crippen LogP contribution < -0.4 is 0 Å². The number of benzene rings is 1. The molecular formula is C7H4N2O5. The Morgan fingerprint density at radius 1 is 1.00 bits per heavy atom. The van der Waals surface area contributed by atoms with Crippen LogP contribution in [0.5, 0.6) is 0 Å². The maximum atomic E-state index is 10.3. The van der Waals surface area contributed by atoms with Gasteiger partial charge in [0.15, 0.2) is 6.29 Å². The first-order valence-electron chi connectivity index (χ1n) is 3.43. The van der Waals surface area contributed by atoms with E-state index in [0.717, 1.165) is 18.2 Å². The van der Waals surface area contributed by atoms with Crippen LogP contribution in [-0.2, 0) is 0 Å². The van der Waals surface area contributed by atoms with E-state index >= 15 is 0 Å². The topological polar surface area (TPSA) is 103 Å². The van der Waals surface area contributed by atoms with Crippen LogP contribution in [0.1, 0.15) is 10.4 Å². The summed E-state index contributed by atoms with van der Waals surface area (Å²) in [5.41, 5.74) is -1.03. The molecule has 0 amide bonds. The largest absolute Gasteiger partial charge is 0.298 e. The average molecular weight is 196 g/mol. The van der Waals surface area contributed by atoms with Crippen LogP contribution in [0.3, 0.4) is 0 Å². The van der Waals surface area contributed by atoms with E-state index < -0.39 is 21.2 Å². The van der Waals surface area contributed by atoms with Crippen molar-refractivity contribution in [3.8, 4) is 0 Å². The Kier molecular flexibility index (Phi) is 2.52. The van der Waals surface area contributed by atoms with Crippen molar-refractivity contribution in [1.29, 1.82) is 0 Å². The molecule has 7 nitrogen and oxygen atoms in total. The fourth-order valence-electron chi connectivity index (χ4n) is 0.897. The average Bonchev–Trinajstić information content (AvgIpc) is 2.16. The summed E-state index contributed by atoms with van der Waals surface area (Å²) < 4.78 is 0. The maximum Gasteiger partial charge on any atom is 0.277 e. The third kappa shape index (κ3) is 1.89. The molecule has 1 aromatic rings. The van der Waals surface area contributed by atoms with Crippen molar-refractivity contribution >= 4 is 17.7 Å². The molecule has 0 fully saturated rings. The molecule has 0 aliphatic carbocycles. The second kappa shape index (κ2) is 3.60. The van der Waals surface area contributed by atoms with Crippen molar-refractivity contribution in [3.63, 3.8) is 0 Å². The number of hydrogen-bond acceptors (Lipinski definition) is 5. The molecule has 0 N–H and O–H groups in total. The Morgan fingerprint density at radius 2 is 1.43 bits per heavy atom. The van der Waals surface area contributed by atoms with Crippen molar-refractivity contribution < 1.29 is 14.6 Å². The highest BCUT2D eigenvalue weighted by Gasteiger charge is 2.15. The molecule has 1 aromatic carbocycles. The van der Waals surface area contributed by atoms with Crippen LogP contribution in [0.2, 0.25) is 0 Å². The predicted octanol–water partition coefficient (Wildman–Crippen LogP) is 1.32. The maximum absolute atomic E-state index is 10.3. The van der Waals surface area contributed by atoms with E-state index in [4.69, 9.17) is 0 Å². The van der Waals surface area contributed by atoms with Gasteiger partial charge in [0.1, 0.15) is 0 Å². The van der Waals surface area contributed by atoms with Gasteiger partial charge >= 0.3 is 0 Å². The third-order valence-corrected chi connectivity index (χ3v) is 1.48. The second-order valence-electron chi connectivity index (χ2n) is 2.41. The van der Waals surface area contributed by atoms with Gasteiger partial charge < -0.3 is 0 Å². The molecule has 0 saturated carbocycles. The summed E-state index contributed by atoms with van der Waals surface area (Å²) in [6.45, 7) is 0. The zero-order valence-corrected chi connectivity index (χ0v) is 6.75. The van der Waals surface area contributed by atoms with Gasteiger partial charge in [0.05, 0.1) is 15.9 Å². The molecule has 0 aromatic heterocycles. The highest BCUT2D eigenvalue weighted by atomic mass is 16.6. The molecule has 0 spiro atoms. The number of nitrogens with zero attached hydrogens (tertiary/aromatic N) is 2. The van der Waals surface area contributed by atoms with E-state index in [-0.39, 0.29) is 5.56 Å². The summed E-state index contributed by atoms with van der Waals surface area (Å²) in [5.74, 6) is 0. The Balaban J connectivity index is 3.34. The molecule has 0 unspecified atom stereocenters. The van der Waals surface area contributed by atoms with Crippen molar-refractivity contribution in [2.24, 2.45) is 0 Å². The van der Waals surface area contributed by atoms with Gasteiger partial charge in [0.25, 0.3) is 11.4 Å². The molecule has 1 rings (SSSR count). The first kappa shape index (κ1) is 9.78. The van der Waals surface area contributed by atoms with E-state index in [1.54, 1.807) is 0 Å². The first-order valence-corrected chi connectivity index (χ1v) is 3.43. The summed E-state index contributed by atoms with van der Waals surface area (Å²) in [7, 11) is 0. The highest BCUT2D eigenvalue weighted by molar-refractivity contribution is 5.77. The van der Waals surface area contributed by atoms with Crippen molar-refractivity contribution in [3.05, 3.63) is 44.0 Å². The monoisotopic (exact) mass is 196 g/mol.